The summed E-state index contributed by atoms with van der Waals surface area (Å²) < 4.78 is 7.18. The lowest BCUT2D eigenvalue weighted by molar-refractivity contribution is -0.0159. The zero-order chi connectivity index (χ0) is 15.1. The predicted octanol–water partition coefficient (Wildman–Crippen LogP) is 3.96. The van der Waals surface area contributed by atoms with Gasteiger partial charge in [0.1, 0.15) is 0 Å². The SMILES string of the molecule is CCOC(C1CCCCC1)C(Cc1cncc(Br)c1)NC. The first-order chi connectivity index (χ1) is 10.2. The summed E-state index contributed by atoms with van der Waals surface area (Å²) >= 11 is 3.50. The second kappa shape index (κ2) is 8.86. The van der Waals surface area contributed by atoms with E-state index in [1.165, 1.54) is 37.7 Å². The van der Waals surface area contributed by atoms with Gasteiger partial charge < -0.3 is 10.1 Å². The number of nitrogens with zero attached hydrogens (tertiary/aromatic N) is 1. The third-order valence-electron chi connectivity index (χ3n) is 4.46. The van der Waals surface area contributed by atoms with Crippen molar-refractivity contribution in [2.24, 2.45) is 5.92 Å². The van der Waals surface area contributed by atoms with E-state index in [1.807, 2.05) is 19.4 Å². The summed E-state index contributed by atoms with van der Waals surface area (Å²) in [6, 6.07) is 2.51. The number of halogens is 1. The lowest BCUT2D eigenvalue weighted by atomic mass is 9.81. The molecule has 1 heterocycles. The molecule has 1 saturated carbocycles. The second-order valence-electron chi connectivity index (χ2n) is 5.93. The highest BCUT2D eigenvalue weighted by atomic mass is 79.9. The zero-order valence-corrected chi connectivity index (χ0v) is 14.7. The van der Waals surface area contributed by atoms with Crippen LogP contribution in [0.25, 0.3) is 0 Å². The summed E-state index contributed by atoms with van der Waals surface area (Å²) in [6.45, 7) is 2.89. The van der Waals surface area contributed by atoms with Gasteiger partial charge in [-0.25, -0.2) is 0 Å². The van der Waals surface area contributed by atoms with Gasteiger partial charge in [-0.1, -0.05) is 19.3 Å². The summed E-state index contributed by atoms with van der Waals surface area (Å²) in [6.07, 6.45) is 11.8. The van der Waals surface area contributed by atoms with Crippen LogP contribution in [0.15, 0.2) is 22.9 Å². The zero-order valence-electron chi connectivity index (χ0n) is 13.1. The van der Waals surface area contributed by atoms with Crippen LogP contribution in [-0.4, -0.2) is 30.8 Å². The van der Waals surface area contributed by atoms with Crippen molar-refractivity contribution in [1.82, 2.24) is 10.3 Å². The minimum Gasteiger partial charge on any atom is -0.377 e. The number of hydrogen-bond donors (Lipinski definition) is 1. The van der Waals surface area contributed by atoms with Crippen LogP contribution in [-0.2, 0) is 11.2 Å². The molecular weight excluding hydrogens is 328 g/mol. The van der Waals surface area contributed by atoms with Gasteiger partial charge in [0.05, 0.1) is 6.10 Å². The van der Waals surface area contributed by atoms with E-state index in [-0.39, 0.29) is 0 Å². The number of pyridine rings is 1. The number of hydrogen-bond acceptors (Lipinski definition) is 3. The predicted molar refractivity (Wildman–Crippen MR) is 90.5 cm³/mol. The van der Waals surface area contributed by atoms with Crippen LogP contribution in [0.3, 0.4) is 0 Å². The largest absolute Gasteiger partial charge is 0.377 e. The lowest BCUT2D eigenvalue weighted by Gasteiger charge is -2.35. The van der Waals surface area contributed by atoms with Gasteiger partial charge in [0.25, 0.3) is 0 Å². The van der Waals surface area contributed by atoms with Crippen LogP contribution in [0.2, 0.25) is 0 Å². The van der Waals surface area contributed by atoms with Crippen LogP contribution < -0.4 is 5.32 Å². The number of ether oxygens (including phenoxy) is 1. The van der Waals surface area contributed by atoms with E-state index in [0.29, 0.717) is 18.1 Å². The van der Waals surface area contributed by atoms with Gasteiger partial charge in [0.15, 0.2) is 0 Å². The molecule has 2 rings (SSSR count). The molecule has 0 aliphatic heterocycles. The first-order valence-corrected chi connectivity index (χ1v) is 8.92. The number of rotatable bonds is 7. The smallest absolute Gasteiger partial charge is 0.0759 e. The molecule has 118 valence electrons. The Kier molecular flexibility index (Phi) is 7.14. The molecule has 0 spiro atoms. The topological polar surface area (TPSA) is 34.1 Å². The molecule has 2 atom stereocenters. The summed E-state index contributed by atoms with van der Waals surface area (Å²) in [5.74, 6) is 0.691. The molecule has 1 aromatic rings. The molecular formula is C17H27BrN2O. The minimum absolute atomic E-state index is 0.305. The number of nitrogens with one attached hydrogen (secondary N) is 1. The molecule has 2 unspecified atom stereocenters. The Morgan fingerprint density at radius 1 is 1.33 bits per heavy atom. The number of aromatic nitrogens is 1. The monoisotopic (exact) mass is 354 g/mol. The highest BCUT2D eigenvalue weighted by Crippen LogP contribution is 2.30. The molecule has 1 N–H and O–H groups in total. The maximum atomic E-state index is 6.14. The second-order valence-corrected chi connectivity index (χ2v) is 6.84. The summed E-state index contributed by atoms with van der Waals surface area (Å²) in [7, 11) is 2.05. The molecule has 3 nitrogen and oxygen atoms in total. The molecule has 1 aromatic heterocycles. The first kappa shape index (κ1) is 16.9. The Bertz CT molecular complexity index is 421. The molecule has 0 amide bonds. The quantitative estimate of drug-likeness (QED) is 0.804. The molecule has 0 saturated heterocycles. The molecule has 1 fully saturated rings. The van der Waals surface area contributed by atoms with Crippen LogP contribution >= 0.6 is 15.9 Å². The van der Waals surface area contributed by atoms with Crippen LogP contribution in [0.5, 0.6) is 0 Å². The maximum absolute atomic E-state index is 6.14. The Morgan fingerprint density at radius 2 is 2.10 bits per heavy atom. The average molecular weight is 355 g/mol. The van der Waals surface area contributed by atoms with Crippen molar-refractivity contribution in [2.45, 2.75) is 57.6 Å². The van der Waals surface area contributed by atoms with Gasteiger partial charge in [-0.2, -0.15) is 0 Å². The van der Waals surface area contributed by atoms with E-state index >= 15 is 0 Å². The Labute approximate surface area is 137 Å². The summed E-state index contributed by atoms with van der Waals surface area (Å²) in [4.78, 5) is 4.27. The first-order valence-electron chi connectivity index (χ1n) is 8.13. The average Bonchev–Trinajstić information content (AvgIpc) is 2.51. The van der Waals surface area contributed by atoms with E-state index in [9.17, 15) is 0 Å². The Balaban J connectivity index is 2.07. The van der Waals surface area contributed by atoms with Crippen molar-refractivity contribution in [3.63, 3.8) is 0 Å². The molecule has 4 heteroatoms. The normalized spacial score (nSPS) is 19.4. The van der Waals surface area contributed by atoms with Gasteiger partial charge in [0, 0.05) is 29.5 Å². The highest BCUT2D eigenvalue weighted by molar-refractivity contribution is 9.10. The minimum atomic E-state index is 0.305. The molecule has 1 aliphatic rings. The fourth-order valence-corrected chi connectivity index (χ4v) is 3.85. The van der Waals surface area contributed by atoms with Gasteiger partial charge in [0.2, 0.25) is 0 Å². The van der Waals surface area contributed by atoms with E-state index in [0.717, 1.165) is 17.5 Å². The molecule has 1 aliphatic carbocycles. The van der Waals surface area contributed by atoms with Crippen LogP contribution in [0.1, 0.15) is 44.6 Å². The van der Waals surface area contributed by atoms with Crippen LogP contribution in [0, 0.1) is 5.92 Å². The third kappa shape index (κ3) is 5.04. The third-order valence-corrected chi connectivity index (χ3v) is 4.89. The van der Waals surface area contributed by atoms with Crippen molar-refractivity contribution in [3.05, 3.63) is 28.5 Å². The fourth-order valence-electron chi connectivity index (χ4n) is 3.44. The Morgan fingerprint density at radius 3 is 2.71 bits per heavy atom. The van der Waals surface area contributed by atoms with Crippen molar-refractivity contribution in [2.75, 3.05) is 13.7 Å². The van der Waals surface area contributed by atoms with Crippen molar-refractivity contribution < 1.29 is 4.74 Å². The van der Waals surface area contributed by atoms with Crippen molar-refractivity contribution >= 4 is 15.9 Å². The number of likely N-dealkylation sites (N-methyl/N-ethyl adjacent to an activating group) is 1. The summed E-state index contributed by atoms with van der Waals surface area (Å²) in [5, 5.41) is 3.48. The molecule has 0 aromatic carbocycles. The lowest BCUT2D eigenvalue weighted by Crippen LogP contribution is -2.46. The standard InChI is InChI=1S/C17H27BrN2O/c1-3-21-17(14-7-5-4-6-8-14)16(19-2)10-13-9-15(18)12-20-11-13/h9,11-12,14,16-17,19H,3-8,10H2,1-2H3. The van der Waals surface area contributed by atoms with Crippen molar-refractivity contribution in [3.8, 4) is 0 Å². The van der Waals surface area contributed by atoms with E-state index < -0.39 is 0 Å². The molecule has 0 bridgehead atoms. The van der Waals surface area contributed by atoms with Gasteiger partial charge >= 0.3 is 0 Å². The maximum Gasteiger partial charge on any atom is 0.0759 e. The highest BCUT2D eigenvalue weighted by Gasteiger charge is 2.30. The van der Waals surface area contributed by atoms with E-state index in [1.54, 1.807) is 0 Å². The van der Waals surface area contributed by atoms with Gasteiger partial charge in [-0.3, -0.25) is 4.98 Å². The Hall–Kier alpha value is -0.450. The van der Waals surface area contributed by atoms with Gasteiger partial charge in [-0.05, 0) is 66.7 Å². The van der Waals surface area contributed by atoms with Crippen LogP contribution in [0.4, 0.5) is 0 Å². The molecule has 21 heavy (non-hydrogen) atoms. The van der Waals surface area contributed by atoms with Gasteiger partial charge in [-0.15, -0.1) is 0 Å². The summed E-state index contributed by atoms with van der Waals surface area (Å²) in [5.41, 5.74) is 1.25. The fraction of sp³-hybridized carbons (Fsp3) is 0.706. The molecule has 0 radical (unpaired) electrons. The van der Waals surface area contributed by atoms with Crippen molar-refractivity contribution in [1.29, 1.82) is 0 Å². The van der Waals surface area contributed by atoms with E-state index in [4.69, 9.17) is 4.74 Å². The van der Waals surface area contributed by atoms with E-state index in [2.05, 4.69) is 39.2 Å².